The summed E-state index contributed by atoms with van der Waals surface area (Å²) in [7, 11) is 0. The molecule has 0 radical (unpaired) electrons. The summed E-state index contributed by atoms with van der Waals surface area (Å²) < 4.78 is 7.02. The molecule has 0 aliphatic carbocycles. The highest BCUT2D eigenvalue weighted by Gasteiger charge is 2.22. The summed E-state index contributed by atoms with van der Waals surface area (Å²) in [5, 5.41) is 4.13. The topological polar surface area (TPSA) is 70.1 Å². The molecular weight excluding hydrogens is 218 g/mol. The lowest BCUT2D eigenvalue weighted by Gasteiger charge is -2.21. The van der Waals surface area contributed by atoms with E-state index >= 15 is 0 Å². The molecule has 1 heterocycles. The number of rotatable bonds is 4. The molecule has 1 atom stereocenters. The van der Waals surface area contributed by atoms with Gasteiger partial charge in [0, 0.05) is 19.2 Å². The van der Waals surface area contributed by atoms with Gasteiger partial charge in [0.15, 0.2) is 0 Å². The minimum atomic E-state index is -0.635. The highest BCUT2D eigenvalue weighted by Crippen LogP contribution is 2.10. The number of esters is 1. The van der Waals surface area contributed by atoms with Gasteiger partial charge in [-0.05, 0) is 33.3 Å². The highest BCUT2D eigenvalue weighted by molar-refractivity contribution is 5.76. The monoisotopic (exact) mass is 239 g/mol. The Kier molecular flexibility index (Phi) is 4.28. The van der Waals surface area contributed by atoms with Gasteiger partial charge in [-0.1, -0.05) is 0 Å². The summed E-state index contributed by atoms with van der Waals surface area (Å²) in [6, 6.07) is -0.635. The molecule has 0 saturated heterocycles. The van der Waals surface area contributed by atoms with Crippen molar-refractivity contribution in [2.75, 3.05) is 0 Å². The number of hydrogen-bond donors (Lipinski definition) is 1. The number of ether oxygens (including phenoxy) is 1. The number of nitrogens with zero attached hydrogens (tertiary/aromatic N) is 2. The molecule has 0 bridgehead atoms. The molecule has 0 amide bonds. The van der Waals surface area contributed by atoms with Gasteiger partial charge in [-0.25, -0.2) is 0 Å². The Morgan fingerprint density at radius 1 is 1.59 bits per heavy atom. The third-order valence-corrected chi connectivity index (χ3v) is 2.18. The Bertz CT molecular complexity index is 379. The van der Waals surface area contributed by atoms with Crippen molar-refractivity contribution in [3.63, 3.8) is 0 Å². The molecule has 17 heavy (non-hydrogen) atoms. The average molecular weight is 239 g/mol. The second kappa shape index (κ2) is 5.31. The van der Waals surface area contributed by atoms with Crippen molar-refractivity contribution in [1.29, 1.82) is 0 Å². The lowest BCUT2D eigenvalue weighted by Crippen LogP contribution is -2.38. The number of hydrogen-bond acceptors (Lipinski definition) is 4. The normalized spacial score (nSPS) is 13.5. The Morgan fingerprint density at radius 3 is 2.71 bits per heavy atom. The first-order chi connectivity index (χ1) is 7.81. The van der Waals surface area contributed by atoms with E-state index in [9.17, 15) is 4.79 Å². The van der Waals surface area contributed by atoms with Crippen molar-refractivity contribution in [3.8, 4) is 0 Å². The van der Waals surface area contributed by atoms with E-state index in [0.717, 1.165) is 12.1 Å². The number of nitrogens with two attached hydrogens (primary N) is 1. The second-order valence-corrected chi connectivity index (χ2v) is 5.05. The highest BCUT2D eigenvalue weighted by atomic mass is 16.6. The summed E-state index contributed by atoms with van der Waals surface area (Å²) in [6.45, 7) is 8.29. The van der Waals surface area contributed by atoms with Gasteiger partial charge in [-0.15, -0.1) is 0 Å². The van der Waals surface area contributed by atoms with E-state index in [-0.39, 0.29) is 5.97 Å². The van der Waals surface area contributed by atoms with Crippen LogP contribution in [0.25, 0.3) is 0 Å². The van der Waals surface area contributed by atoms with E-state index in [1.807, 2.05) is 33.9 Å². The van der Waals surface area contributed by atoms with Crippen LogP contribution in [0.3, 0.4) is 0 Å². The van der Waals surface area contributed by atoms with Crippen LogP contribution in [0, 0.1) is 0 Å². The van der Waals surface area contributed by atoms with E-state index in [1.165, 1.54) is 0 Å². The van der Waals surface area contributed by atoms with Gasteiger partial charge in [0.25, 0.3) is 0 Å². The summed E-state index contributed by atoms with van der Waals surface area (Å²) in [5.41, 5.74) is 6.25. The van der Waals surface area contributed by atoms with E-state index in [4.69, 9.17) is 10.5 Å². The predicted octanol–water partition coefficient (Wildman–Crippen LogP) is 1.11. The van der Waals surface area contributed by atoms with E-state index in [1.54, 1.807) is 10.9 Å². The van der Waals surface area contributed by atoms with Crippen LogP contribution >= 0.6 is 0 Å². The van der Waals surface area contributed by atoms with Crippen LogP contribution in [0.15, 0.2) is 12.4 Å². The van der Waals surface area contributed by atoms with E-state index < -0.39 is 11.6 Å². The predicted molar refractivity (Wildman–Crippen MR) is 65.4 cm³/mol. The smallest absolute Gasteiger partial charge is 0.323 e. The van der Waals surface area contributed by atoms with E-state index in [0.29, 0.717) is 6.42 Å². The van der Waals surface area contributed by atoms with Crippen molar-refractivity contribution >= 4 is 5.97 Å². The number of carbonyl (C=O) groups excluding carboxylic acids is 1. The standard InChI is InChI=1S/C12H21N3O2/c1-5-15-8-9(7-14-15)6-10(13)11(16)17-12(2,3)4/h7-8,10H,5-6,13H2,1-4H3. The minimum absolute atomic E-state index is 0.373. The van der Waals surface area contributed by atoms with Gasteiger partial charge < -0.3 is 10.5 Å². The van der Waals surface area contributed by atoms with Gasteiger partial charge in [0.2, 0.25) is 0 Å². The second-order valence-electron chi connectivity index (χ2n) is 5.05. The van der Waals surface area contributed by atoms with Crippen molar-refractivity contribution in [2.45, 2.75) is 52.3 Å². The molecule has 1 aromatic heterocycles. The van der Waals surface area contributed by atoms with Gasteiger partial charge >= 0.3 is 5.97 Å². The van der Waals surface area contributed by atoms with Crippen molar-refractivity contribution in [1.82, 2.24) is 9.78 Å². The molecule has 96 valence electrons. The molecule has 1 unspecified atom stereocenters. The molecule has 0 saturated carbocycles. The van der Waals surface area contributed by atoms with Gasteiger partial charge in [0.1, 0.15) is 11.6 Å². The fourth-order valence-electron chi connectivity index (χ4n) is 1.40. The summed E-state index contributed by atoms with van der Waals surface area (Å²) in [6.07, 6.45) is 4.08. The molecule has 0 fully saturated rings. The first-order valence-corrected chi connectivity index (χ1v) is 5.81. The molecule has 0 aliphatic heterocycles. The molecule has 0 aliphatic rings. The first kappa shape index (κ1) is 13.7. The molecule has 1 aromatic rings. The van der Waals surface area contributed by atoms with Crippen LogP contribution in [0.5, 0.6) is 0 Å². The van der Waals surface area contributed by atoms with Crippen LogP contribution in [0.4, 0.5) is 0 Å². The minimum Gasteiger partial charge on any atom is -0.459 e. The van der Waals surface area contributed by atoms with Crippen LogP contribution in [-0.4, -0.2) is 27.4 Å². The number of carbonyl (C=O) groups is 1. The molecule has 2 N–H and O–H groups in total. The average Bonchev–Trinajstić information content (AvgIpc) is 2.62. The van der Waals surface area contributed by atoms with Crippen LogP contribution in [0.2, 0.25) is 0 Å². The van der Waals surface area contributed by atoms with Crippen molar-refractivity contribution < 1.29 is 9.53 Å². The SMILES string of the molecule is CCn1cc(CC(N)C(=O)OC(C)(C)C)cn1. The Morgan fingerprint density at radius 2 is 2.24 bits per heavy atom. The van der Waals surface area contributed by atoms with Crippen molar-refractivity contribution in [3.05, 3.63) is 18.0 Å². The summed E-state index contributed by atoms with van der Waals surface area (Å²) in [4.78, 5) is 11.7. The lowest BCUT2D eigenvalue weighted by molar-refractivity contribution is -0.156. The van der Waals surface area contributed by atoms with Gasteiger partial charge in [0.05, 0.1) is 6.20 Å². The zero-order chi connectivity index (χ0) is 13.1. The van der Waals surface area contributed by atoms with Crippen LogP contribution in [-0.2, 0) is 22.5 Å². The largest absolute Gasteiger partial charge is 0.459 e. The summed E-state index contributed by atoms with van der Waals surface area (Å²) >= 11 is 0. The van der Waals surface area contributed by atoms with Crippen LogP contribution < -0.4 is 5.73 Å². The molecular formula is C12H21N3O2. The molecule has 0 aromatic carbocycles. The molecule has 0 spiro atoms. The number of aryl methyl sites for hydroxylation is 1. The third-order valence-electron chi connectivity index (χ3n) is 2.18. The summed E-state index contributed by atoms with van der Waals surface area (Å²) in [5.74, 6) is -0.373. The molecule has 5 heteroatoms. The zero-order valence-electron chi connectivity index (χ0n) is 10.9. The quantitative estimate of drug-likeness (QED) is 0.799. The number of aromatic nitrogens is 2. The zero-order valence-corrected chi connectivity index (χ0v) is 10.9. The van der Waals surface area contributed by atoms with Crippen LogP contribution in [0.1, 0.15) is 33.3 Å². The maximum Gasteiger partial charge on any atom is 0.323 e. The fraction of sp³-hybridized carbons (Fsp3) is 0.667. The Hall–Kier alpha value is -1.36. The lowest BCUT2D eigenvalue weighted by atomic mass is 10.1. The van der Waals surface area contributed by atoms with E-state index in [2.05, 4.69) is 5.10 Å². The Labute approximate surface area is 102 Å². The maximum atomic E-state index is 11.7. The Balaban J connectivity index is 2.54. The fourth-order valence-corrected chi connectivity index (χ4v) is 1.40. The third kappa shape index (κ3) is 4.56. The molecule has 1 rings (SSSR count). The molecule has 5 nitrogen and oxygen atoms in total. The van der Waals surface area contributed by atoms with Crippen molar-refractivity contribution in [2.24, 2.45) is 5.73 Å². The van der Waals surface area contributed by atoms with Gasteiger partial charge in [-0.3, -0.25) is 9.48 Å². The first-order valence-electron chi connectivity index (χ1n) is 5.81. The maximum absolute atomic E-state index is 11.7. The van der Waals surface area contributed by atoms with Gasteiger partial charge in [-0.2, -0.15) is 5.10 Å².